The third-order valence-electron chi connectivity index (χ3n) is 4.02. The van der Waals surface area contributed by atoms with Gasteiger partial charge >= 0.3 is 0 Å². The van der Waals surface area contributed by atoms with Crippen molar-refractivity contribution in [2.75, 3.05) is 42.3 Å². The first-order valence-corrected chi connectivity index (χ1v) is 9.96. The van der Waals surface area contributed by atoms with E-state index in [4.69, 9.17) is 4.74 Å². The van der Waals surface area contributed by atoms with Gasteiger partial charge in [-0.1, -0.05) is 37.7 Å². The minimum absolute atomic E-state index is 0.133. The molecule has 1 amide bonds. The number of para-hydroxylation sites is 1. The molecule has 7 nitrogen and oxygen atoms in total. The summed E-state index contributed by atoms with van der Waals surface area (Å²) in [5, 5.41) is 11.9. The number of carbonyl (C=O) groups excluding carboxylic acids is 1. The lowest BCUT2D eigenvalue weighted by Gasteiger charge is -2.28. The number of rotatable bonds is 7. The Morgan fingerprint density at radius 3 is 2.74 bits per heavy atom. The molecule has 1 aromatic carbocycles. The Hall–Kier alpha value is -2.13. The fourth-order valence-corrected chi connectivity index (χ4v) is 3.53. The highest BCUT2D eigenvalue weighted by molar-refractivity contribution is 7.99. The highest BCUT2D eigenvalue weighted by Gasteiger charge is 2.21. The maximum absolute atomic E-state index is 13.7. The predicted octanol–water partition coefficient (Wildman–Crippen LogP) is 2.64. The molecule has 0 unspecified atom stereocenters. The van der Waals surface area contributed by atoms with Gasteiger partial charge in [0.1, 0.15) is 5.82 Å². The summed E-state index contributed by atoms with van der Waals surface area (Å²) in [6.45, 7) is 7.90. The van der Waals surface area contributed by atoms with Gasteiger partial charge in [-0.05, 0) is 18.1 Å². The van der Waals surface area contributed by atoms with Crippen LogP contribution >= 0.6 is 11.8 Å². The average molecular weight is 393 g/mol. The van der Waals surface area contributed by atoms with Crippen molar-refractivity contribution >= 4 is 29.3 Å². The summed E-state index contributed by atoms with van der Waals surface area (Å²) in [5.74, 6) is 0.621. The van der Waals surface area contributed by atoms with Gasteiger partial charge < -0.3 is 15.0 Å². The van der Waals surface area contributed by atoms with E-state index < -0.39 is 5.82 Å². The van der Waals surface area contributed by atoms with Gasteiger partial charge in [0, 0.05) is 19.6 Å². The molecule has 1 saturated heterocycles. The molecule has 0 aliphatic carbocycles. The van der Waals surface area contributed by atoms with E-state index in [-0.39, 0.29) is 17.3 Å². The standard InChI is InChI=1S/C18H24FN5O2S/c1-13(2)11-24-17(23-7-9-26-10-8-23)21-22-18(24)27-12-16(25)20-15-6-4-3-5-14(15)19/h3-6,13H,7-12H2,1-2H3,(H,20,25). The second-order valence-corrected chi connectivity index (χ2v) is 7.65. The van der Waals surface area contributed by atoms with Crippen LogP contribution in [0, 0.1) is 11.7 Å². The first-order valence-electron chi connectivity index (χ1n) is 8.97. The average Bonchev–Trinajstić information content (AvgIpc) is 3.04. The Bertz CT molecular complexity index is 777. The van der Waals surface area contributed by atoms with Crippen molar-refractivity contribution in [2.24, 2.45) is 5.92 Å². The highest BCUT2D eigenvalue weighted by atomic mass is 32.2. The smallest absolute Gasteiger partial charge is 0.234 e. The molecule has 2 heterocycles. The summed E-state index contributed by atoms with van der Waals surface area (Å²) >= 11 is 1.30. The van der Waals surface area contributed by atoms with Crippen LogP contribution in [0.3, 0.4) is 0 Å². The van der Waals surface area contributed by atoms with E-state index in [0.717, 1.165) is 25.6 Å². The molecule has 1 N–H and O–H groups in total. The zero-order valence-electron chi connectivity index (χ0n) is 15.5. The van der Waals surface area contributed by atoms with Crippen LogP contribution < -0.4 is 10.2 Å². The summed E-state index contributed by atoms with van der Waals surface area (Å²) in [4.78, 5) is 14.4. The lowest BCUT2D eigenvalue weighted by Crippen LogP contribution is -2.38. The molecular formula is C18H24FN5O2S. The number of thioether (sulfide) groups is 1. The molecule has 0 bridgehead atoms. The van der Waals surface area contributed by atoms with Crippen LogP contribution in [-0.4, -0.2) is 52.7 Å². The van der Waals surface area contributed by atoms with Crippen molar-refractivity contribution in [2.45, 2.75) is 25.5 Å². The molecule has 1 aliphatic heterocycles. The fraction of sp³-hybridized carbons (Fsp3) is 0.500. The minimum atomic E-state index is -0.451. The number of ether oxygens (including phenoxy) is 1. The number of hydrogen-bond donors (Lipinski definition) is 1. The first kappa shape index (κ1) is 19.6. The van der Waals surface area contributed by atoms with Crippen LogP contribution in [-0.2, 0) is 16.1 Å². The number of hydrogen-bond acceptors (Lipinski definition) is 6. The van der Waals surface area contributed by atoms with Gasteiger partial charge in [-0.15, -0.1) is 10.2 Å². The number of nitrogens with zero attached hydrogens (tertiary/aromatic N) is 4. The summed E-state index contributed by atoms with van der Waals surface area (Å²) in [7, 11) is 0. The zero-order valence-corrected chi connectivity index (χ0v) is 16.3. The second-order valence-electron chi connectivity index (χ2n) is 6.70. The first-order chi connectivity index (χ1) is 13.0. The number of aromatic nitrogens is 3. The molecule has 1 aliphatic rings. The molecule has 27 heavy (non-hydrogen) atoms. The zero-order chi connectivity index (χ0) is 19.2. The molecule has 146 valence electrons. The summed E-state index contributed by atoms with van der Waals surface area (Å²) in [6.07, 6.45) is 0. The van der Waals surface area contributed by atoms with Gasteiger partial charge in [0.25, 0.3) is 0 Å². The van der Waals surface area contributed by atoms with E-state index in [1.807, 2.05) is 0 Å². The minimum Gasteiger partial charge on any atom is -0.378 e. The van der Waals surface area contributed by atoms with Crippen LogP contribution in [0.25, 0.3) is 0 Å². The largest absolute Gasteiger partial charge is 0.378 e. The topological polar surface area (TPSA) is 72.3 Å². The van der Waals surface area contributed by atoms with Crippen LogP contribution in [0.4, 0.5) is 16.0 Å². The maximum atomic E-state index is 13.7. The number of morpholine rings is 1. The van der Waals surface area contributed by atoms with Crippen molar-refractivity contribution < 1.29 is 13.9 Å². The molecule has 0 radical (unpaired) electrons. The summed E-state index contributed by atoms with van der Waals surface area (Å²) in [6, 6.07) is 6.12. The lowest BCUT2D eigenvalue weighted by molar-refractivity contribution is -0.113. The Morgan fingerprint density at radius 1 is 1.30 bits per heavy atom. The van der Waals surface area contributed by atoms with Crippen LogP contribution in [0.15, 0.2) is 29.4 Å². The molecule has 9 heteroatoms. The molecule has 1 fully saturated rings. The normalized spacial score (nSPS) is 14.6. The summed E-state index contributed by atoms with van der Waals surface area (Å²) in [5.41, 5.74) is 0.181. The highest BCUT2D eigenvalue weighted by Crippen LogP contribution is 2.24. The number of amides is 1. The predicted molar refractivity (Wildman–Crippen MR) is 104 cm³/mol. The van der Waals surface area contributed by atoms with E-state index in [2.05, 4.69) is 38.8 Å². The molecule has 3 rings (SSSR count). The van der Waals surface area contributed by atoms with Crippen molar-refractivity contribution in [1.29, 1.82) is 0 Å². The molecule has 0 atom stereocenters. The second kappa shape index (κ2) is 9.18. The molecule has 2 aromatic rings. The molecule has 0 saturated carbocycles. The van der Waals surface area contributed by atoms with Crippen molar-refractivity contribution in [3.8, 4) is 0 Å². The number of carbonyl (C=O) groups is 1. The third kappa shape index (κ3) is 5.20. The number of halogens is 1. The summed E-state index contributed by atoms with van der Waals surface area (Å²) < 4.78 is 21.1. The van der Waals surface area contributed by atoms with E-state index in [9.17, 15) is 9.18 Å². The maximum Gasteiger partial charge on any atom is 0.234 e. The van der Waals surface area contributed by atoms with Crippen LogP contribution in [0.1, 0.15) is 13.8 Å². The molecule has 1 aromatic heterocycles. The molecular weight excluding hydrogens is 369 g/mol. The Balaban J connectivity index is 1.67. The Kier molecular flexibility index (Phi) is 6.68. The Labute approximate surface area is 162 Å². The van der Waals surface area contributed by atoms with Gasteiger partial charge in [0.2, 0.25) is 11.9 Å². The van der Waals surface area contributed by atoms with E-state index in [0.29, 0.717) is 24.3 Å². The SMILES string of the molecule is CC(C)Cn1c(SCC(=O)Nc2ccccc2F)nnc1N1CCOCC1. The van der Waals surface area contributed by atoms with Gasteiger partial charge in [0.05, 0.1) is 24.7 Å². The quantitative estimate of drug-likeness (QED) is 0.729. The van der Waals surface area contributed by atoms with E-state index in [1.165, 1.54) is 23.9 Å². The third-order valence-corrected chi connectivity index (χ3v) is 4.99. The van der Waals surface area contributed by atoms with Crippen molar-refractivity contribution in [3.63, 3.8) is 0 Å². The van der Waals surface area contributed by atoms with Gasteiger partial charge in [0.15, 0.2) is 5.16 Å². The van der Waals surface area contributed by atoms with Crippen LogP contribution in [0.2, 0.25) is 0 Å². The van der Waals surface area contributed by atoms with E-state index in [1.54, 1.807) is 12.1 Å². The number of anilines is 2. The fourth-order valence-electron chi connectivity index (χ4n) is 2.79. The van der Waals surface area contributed by atoms with Gasteiger partial charge in [-0.3, -0.25) is 9.36 Å². The number of benzene rings is 1. The van der Waals surface area contributed by atoms with Crippen molar-refractivity contribution in [1.82, 2.24) is 14.8 Å². The Morgan fingerprint density at radius 2 is 2.04 bits per heavy atom. The van der Waals surface area contributed by atoms with Gasteiger partial charge in [-0.2, -0.15) is 0 Å². The lowest BCUT2D eigenvalue weighted by atomic mass is 10.2. The van der Waals surface area contributed by atoms with Crippen LogP contribution in [0.5, 0.6) is 0 Å². The van der Waals surface area contributed by atoms with Gasteiger partial charge in [-0.25, -0.2) is 4.39 Å². The van der Waals surface area contributed by atoms with E-state index >= 15 is 0 Å². The van der Waals surface area contributed by atoms with Crippen molar-refractivity contribution in [3.05, 3.63) is 30.1 Å². The molecule has 0 spiro atoms. The monoisotopic (exact) mass is 393 g/mol. The number of nitrogens with one attached hydrogen (secondary N) is 1.